The molecule has 36 heavy (non-hydrogen) atoms. The van der Waals surface area contributed by atoms with Crippen LogP contribution in [0, 0.1) is 6.92 Å². The van der Waals surface area contributed by atoms with Crippen molar-refractivity contribution in [2.45, 2.75) is 11.8 Å². The summed E-state index contributed by atoms with van der Waals surface area (Å²) >= 11 is 0. The van der Waals surface area contributed by atoms with Crippen LogP contribution in [0.3, 0.4) is 0 Å². The minimum atomic E-state index is -3.90. The van der Waals surface area contributed by atoms with E-state index < -0.39 is 10.0 Å². The molecule has 4 aromatic carbocycles. The van der Waals surface area contributed by atoms with E-state index in [1.807, 2.05) is 91.9 Å². The number of hydrogen-bond acceptors (Lipinski definition) is 4. The van der Waals surface area contributed by atoms with Crippen molar-refractivity contribution in [2.24, 2.45) is 0 Å². The van der Waals surface area contributed by atoms with E-state index >= 15 is 0 Å². The lowest BCUT2D eigenvalue weighted by molar-refractivity contribution is 0.415. The summed E-state index contributed by atoms with van der Waals surface area (Å²) in [6.45, 7) is 1.92. The molecular weight excluding hydrogens is 470 g/mol. The van der Waals surface area contributed by atoms with Crippen molar-refractivity contribution in [3.8, 4) is 33.8 Å². The Morgan fingerprint density at radius 2 is 1.36 bits per heavy atom. The molecule has 0 saturated carbocycles. The van der Waals surface area contributed by atoms with Gasteiger partial charge >= 0.3 is 0 Å². The number of rotatable bonds is 7. The summed E-state index contributed by atoms with van der Waals surface area (Å²) in [5.74, 6) is 1.08. The highest BCUT2D eigenvalue weighted by Gasteiger charge is 2.26. The molecule has 180 valence electrons. The van der Waals surface area contributed by atoms with Crippen LogP contribution in [0.2, 0.25) is 0 Å². The van der Waals surface area contributed by atoms with Gasteiger partial charge in [-0.25, -0.2) is 13.1 Å². The summed E-state index contributed by atoms with van der Waals surface area (Å²) in [4.78, 5) is 0.180. The van der Waals surface area contributed by atoms with Crippen LogP contribution >= 0.6 is 0 Å². The summed E-state index contributed by atoms with van der Waals surface area (Å²) in [6.07, 6.45) is 0. The van der Waals surface area contributed by atoms with Crippen LogP contribution in [0.25, 0.3) is 28.1 Å². The van der Waals surface area contributed by atoms with Gasteiger partial charge in [0.2, 0.25) is 0 Å². The Bertz CT molecular complexity index is 1580. The third-order valence-electron chi connectivity index (χ3n) is 5.87. The zero-order chi connectivity index (χ0) is 25.1. The summed E-state index contributed by atoms with van der Waals surface area (Å²) in [5.41, 5.74) is 4.72. The SMILES string of the molecule is COc1ccc(-c2nn(-c3ccccc3)c(NS(=O)(=O)c3ccc(C)cc3)c2-c2ccccc2)cc1. The highest BCUT2D eigenvalue weighted by molar-refractivity contribution is 7.92. The van der Waals surface area contributed by atoms with E-state index in [1.54, 1.807) is 36.1 Å². The molecule has 0 saturated heterocycles. The standard InChI is InChI=1S/C29H25N3O3S/c1-21-13-19-26(20-14-21)36(33,34)31-29-27(22-9-5-3-6-10-22)28(23-15-17-25(35-2)18-16-23)30-32(29)24-11-7-4-8-12-24/h3-20,31H,1-2H3. The Balaban J connectivity index is 1.77. The molecular formula is C29H25N3O3S. The number of anilines is 1. The molecule has 0 amide bonds. The van der Waals surface area contributed by atoms with Crippen molar-refractivity contribution >= 4 is 15.8 Å². The van der Waals surface area contributed by atoms with E-state index in [-0.39, 0.29) is 4.90 Å². The Morgan fingerprint density at radius 1 is 0.750 bits per heavy atom. The van der Waals surface area contributed by atoms with E-state index in [0.717, 1.165) is 28.1 Å². The minimum Gasteiger partial charge on any atom is -0.497 e. The Morgan fingerprint density at radius 3 is 1.97 bits per heavy atom. The van der Waals surface area contributed by atoms with Crippen molar-refractivity contribution in [1.29, 1.82) is 0 Å². The molecule has 0 fully saturated rings. The van der Waals surface area contributed by atoms with Crippen molar-refractivity contribution in [3.63, 3.8) is 0 Å². The van der Waals surface area contributed by atoms with E-state index in [1.165, 1.54) is 0 Å². The largest absolute Gasteiger partial charge is 0.497 e. The van der Waals surface area contributed by atoms with Crippen molar-refractivity contribution in [3.05, 3.63) is 115 Å². The van der Waals surface area contributed by atoms with Gasteiger partial charge in [0.15, 0.2) is 5.82 Å². The fraction of sp³-hybridized carbons (Fsp3) is 0.0690. The molecule has 0 radical (unpaired) electrons. The van der Waals surface area contributed by atoms with Gasteiger partial charge in [-0.3, -0.25) is 4.72 Å². The van der Waals surface area contributed by atoms with Crippen molar-refractivity contribution in [2.75, 3.05) is 11.8 Å². The maximum atomic E-state index is 13.5. The lowest BCUT2D eigenvalue weighted by atomic mass is 10.0. The predicted octanol–water partition coefficient (Wildman–Crippen LogP) is 6.32. The average molecular weight is 496 g/mol. The number of para-hydroxylation sites is 1. The molecule has 1 aromatic heterocycles. The first kappa shape index (κ1) is 23.4. The van der Waals surface area contributed by atoms with E-state index in [2.05, 4.69) is 4.72 Å². The van der Waals surface area contributed by atoms with E-state index in [4.69, 9.17) is 9.84 Å². The second-order valence-corrected chi connectivity index (χ2v) is 10.0. The lowest BCUT2D eigenvalue weighted by Crippen LogP contribution is -2.16. The van der Waals surface area contributed by atoms with Gasteiger partial charge in [0.1, 0.15) is 11.4 Å². The van der Waals surface area contributed by atoms with Gasteiger partial charge in [0, 0.05) is 5.56 Å². The minimum absolute atomic E-state index is 0.180. The van der Waals surface area contributed by atoms with Gasteiger partial charge < -0.3 is 4.74 Å². The van der Waals surface area contributed by atoms with Gasteiger partial charge in [-0.1, -0.05) is 66.2 Å². The summed E-state index contributed by atoms with van der Waals surface area (Å²) in [6, 6.07) is 33.5. The number of aromatic nitrogens is 2. The lowest BCUT2D eigenvalue weighted by Gasteiger charge is -2.13. The first-order valence-electron chi connectivity index (χ1n) is 11.4. The molecule has 1 N–H and O–H groups in total. The number of sulfonamides is 1. The summed E-state index contributed by atoms with van der Waals surface area (Å²) in [5, 5.41) is 4.92. The molecule has 6 nitrogen and oxygen atoms in total. The molecule has 7 heteroatoms. The first-order chi connectivity index (χ1) is 17.5. The second kappa shape index (κ2) is 9.71. The number of methoxy groups -OCH3 is 1. The van der Waals surface area contributed by atoms with E-state index in [0.29, 0.717) is 17.1 Å². The summed E-state index contributed by atoms with van der Waals surface area (Å²) in [7, 11) is -2.28. The fourth-order valence-electron chi connectivity index (χ4n) is 4.00. The highest BCUT2D eigenvalue weighted by atomic mass is 32.2. The van der Waals surface area contributed by atoms with Crippen LogP contribution in [-0.2, 0) is 10.0 Å². The molecule has 0 bridgehead atoms. The number of ether oxygens (including phenoxy) is 1. The molecule has 0 spiro atoms. The van der Waals surface area contributed by atoms with Gasteiger partial charge in [0.05, 0.1) is 23.3 Å². The average Bonchev–Trinajstić information content (AvgIpc) is 3.28. The highest BCUT2D eigenvalue weighted by Crippen LogP contribution is 2.40. The van der Waals surface area contributed by atoms with Crippen LogP contribution in [0.1, 0.15) is 5.56 Å². The summed E-state index contributed by atoms with van der Waals surface area (Å²) < 4.78 is 36.9. The third-order valence-corrected chi connectivity index (χ3v) is 7.23. The zero-order valence-corrected chi connectivity index (χ0v) is 20.7. The first-order valence-corrected chi connectivity index (χ1v) is 12.9. The molecule has 0 unspecified atom stereocenters. The Labute approximate surface area is 210 Å². The molecule has 5 rings (SSSR count). The van der Waals surface area contributed by atoms with Gasteiger partial charge in [-0.15, -0.1) is 0 Å². The maximum absolute atomic E-state index is 13.5. The Hall–Kier alpha value is -4.36. The van der Waals surface area contributed by atoms with Crippen LogP contribution in [0.15, 0.2) is 114 Å². The number of hydrogen-bond donors (Lipinski definition) is 1. The van der Waals surface area contributed by atoms with Crippen LogP contribution in [-0.4, -0.2) is 25.3 Å². The van der Waals surface area contributed by atoms with Crippen molar-refractivity contribution < 1.29 is 13.2 Å². The third kappa shape index (κ3) is 4.61. The fourth-order valence-corrected chi connectivity index (χ4v) is 5.06. The molecule has 5 aromatic rings. The van der Waals surface area contributed by atoms with Crippen LogP contribution in [0.5, 0.6) is 5.75 Å². The normalized spacial score (nSPS) is 11.3. The molecule has 0 aliphatic carbocycles. The van der Waals surface area contributed by atoms with Crippen LogP contribution in [0.4, 0.5) is 5.82 Å². The number of aryl methyl sites for hydroxylation is 1. The zero-order valence-electron chi connectivity index (χ0n) is 19.9. The number of benzene rings is 4. The van der Waals surface area contributed by atoms with Gasteiger partial charge in [0.25, 0.3) is 10.0 Å². The quantitative estimate of drug-likeness (QED) is 0.287. The molecule has 0 atom stereocenters. The molecule has 1 heterocycles. The molecule has 0 aliphatic heterocycles. The predicted molar refractivity (Wildman–Crippen MR) is 143 cm³/mol. The van der Waals surface area contributed by atoms with Gasteiger partial charge in [-0.05, 0) is 61.0 Å². The topological polar surface area (TPSA) is 73.2 Å². The van der Waals surface area contributed by atoms with Gasteiger partial charge in [-0.2, -0.15) is 5.10 Å². The van der Waals surface area contributed by atoms with Crippen LogP contribution < -0.4 is 9.46 Å². The second-order valence-electron chi connectivity index (χ2n) is 8.33. The van der Waals surface area contributed by atoms with Crippen molar-refractivity contribution in [1.82, 2.24) is 9.78 Å². The number of nitrogens with one attached hydrogen (secondary N) is 1. The number of nitrogens with zero attached hydrogens (tertiary/aromatic N) is 2. The monoisotopic (exact) mass is 495 g/mol. The Kier molecular flexibility index (Phi) is 6.31. The molecule has 0 aliphatic rings. The van der Waals surface area contributed by atoms with E-state index in [9.17, 15) is 8.42 Å². The maximum Gasteiger partial charge on any atom is 0.263 e. The smallest absolute Gasteiger partial charge is 0.263 e.